The summed E-state index contributed by atoms with van der Waals surface area (Å²) in [6, 6.07) is 8.84. The fraction of sp³-hybridized carbons (Fsp3) is 0.589. The van der Waals surface area contributed by atoms with Crippen LogP contribution in [0.25, 0.3) is 20.8 Å². The number of thiazole rings is 1. The van der Waals surface area contributed by atoms with Crippen molar-refractivity contribution in [2.45, 2.75) is 173 Å². The van der Waals surface area contributed by atoms with Crippen LogP contribution in [0.4, 0.5) is 0 Å². The average molecular weight is 998 g/mol. The zero-order chi connectivity index (χ0) is 49.6. The van der Waals surface area contributed by atoms with Crippen molar-refractivity contribution < 1.29 is 82.3 Å². The van der Waals surface area contributed by atoms with Crippen LogP contribution in [0.1, 0.15) is 184 Å². The number of esters is 3. The number of unbranched alkanes of at least 4 members (excludes halogenated alkanes) is 24. The van der Waals surface area contributed by atoms with E-state index < -0.39 is 5.97 Å². The van der Waals surface area contributed by atoms with Gasteiger partial charge in [-0.2, -0.15) is 0 Å². The van der Waals surface area contributed by atoms with Crippen LogP contribution >= 0.6 is 11.3 Å². The molecular weight excluding hydrogens is 918 g/mol. The van der Waals surface area contributed by atoms with Crippen molar-refractivity contribution in [3.63, 3.8) is 0 Å². The van der Waals surface area contributed by atoms with Crippen LogP contribution in [0.3, 0.4) is 0 Å². The Kier molecular flexibility index (Phi) is 35.8. The Bertz CT molecular complexity index is 1900. The fourth-order valence-corrected chi connectivity index (χ4v) is 8.73. The molecule has 0 unspecified atom stereocenters. The van der Waals surface area contributed by atoms with Crippen LogP contribution in [0.2, 0.25) is 0 Å². The molecule has 12 nitrogen and oxygen atoms in total. The Morgan fingerprint density at radius 3 is 1.14 bits per heavy atom. The van der Waals surface area contributed by atoms with E-state index in [4.69, 9.17) is 33.4 Å². The molecule has 3 rings (SSSR count). The third-order valence-electron chi connectivity index (χ3n) is 11.8. The van der Waals surface area contributed by atoms with Gasteiger partial charge in [-0.05, 0) is 68.4 Å². The SMILES string of the molecule is C=CC(=O)OCCCCCCCCCCCOc1cc(-c2nc3cc(C(=O)[O-])ccc3s2)cc(OCCCCCCCCCCCOC(=O)C=C)c1OCCCCCCCCCCCOC(=O)C=C.[Na+]. The Balaban J connectivity index is 0.0000168. The maximum absolute atomic E-state index is 11.6. The van der Waals surface area contributed by atoms with Gasteiger partial charge in [0, 0.05) is 23.8 Å². The van der Waals surface area contributed by atoms with Crippen LogP contribution in [0.15, 0.2) is 68.3 Å². The molecule has 382 valence electrons. The molecule has 2 aromatic carbocycles. The molecule has 0 fully saturated rings. The van der Waals surface area contributed by atoms with Gasteiger partial charge in [-0.1, -0.05) is 161 Å². The summed E-state index contributed by atoms with van der Waals surface area (Å²) in [5.74, 6) is -0.478. The van der Waals surface area contributed by atoms with Gasteiger partial charge in [0.05, 0.1) is 55.8 Å². The summed E-state index contributed by atoms with van der Waals surface area (Å²) in [6.07, 6.45) is 32.5. The Labute approximate surface area is 444 Å². The van der Waals surface area contributed by atoms with Gasteiger partial charge in [0.2, 0.25) is 5.75 Å². The third-order valence-corrected chi connectivity index (χ3v) is 12.8. The average Bonchev–Trinajstić information content (AvgIpc) is 3.79. The summed E-state index contributed by atoms with van der Waals surface area (Å²) < 4.78 is 35.8. The second-order valence-electron chi connectivity index (χ2n) is 17.5. The van der Waals surface area contributed by atoms with Crippen molar-refractivity contribution in [2.24, 2.45) is 0 Å². The Morgan fingerprint density at radius 2 is 0.800 bits per heavy atom. The number of aromatic nitrogens is 1. The summed E-state index contributed by atoms with van der Waals surface area (Å²) in [5.41, 5.74) is 1.50. The number of fused-ring (bicyclic) bond motifs is 1. The second kappa shape index (κ2) is 40.4. The number of ether oxygens (including phenoxy) is 6. The number of carboxylic acid groups (broad SMARTS) is 1. The minimum Gasteiger partial charge on any atom is -0.545 e. The van der Waals surface area contributed by atoms with E-state index in [-0.39, 0.29) is 53.0 Å². The second-order valence-corrected chi connectivity index (χ2v) is 18.5. The van der Waals surface area contributed by atoms with Crippen molar-refractivity contribution in [3.05, 3.63) is 73.9 Å². The monoisotopic (exact) mass is 998 g/mol. The van der Waals surface area contributed by atoms with Gasteiger partial charge in [0.25, 0.3) is 0 Å². The number of carbonyl (C=O) groups is 4. The van der Waals surface area contributed by atoms with Crippen LogP contribution in [-0.2, 0) is 28.6 Å². The van der Waals surface area contributed by atoms with Crippen LogP contribution in [-0.4, -0.2) is 68.5 Å². The predicted octanol–water partition coefficient (Wildman–Crippen LogP) is 10.2. The molecule has 70 heavy (non-hydrogen) atoms. The number of aromatic carboxylic acids is 1. The summed E-state index contributed by atoms with van der Waals surface area (Å²) in [6.45, 7) is 13.2. The van der Waals surface area contributed by atoms with Gasteiger partial charge >= 0.3 is 47.5 Å². The molecule has 1 aromatic heterocycles. The zero-order valence-corrected chi connectivity index (χ0v) is 45.2. The van der Waals surface area contributed by atoms with Crippen LogP contribution < -0.4 is 48.9 Å². The molecule has 0 radical (unpaired) electrons. The largest absolute Gasteiger partial charge is 1.00 e. The Morgan fingerprint density at radius 1 is 0.471 bits per heavy atom. The number of benzene rings is 2. The van der Waals surface area contributed by atoms with Crippen LogP contribution in [0.5, 0.6) is 17.2 Å². The van der Waals surface area contributed by atoms with Gasteiger partial charge in [0.15, 0.2) is 11.5 Å². The standard InChI is InChI=1S/C56H81NO11S.Na/c1-4-51(58)65-38-30-24-18-12-7-10-16-22-28-36-63-48-43-46(55-57-47-42-45(56(61)62)34-35-50(47)69-55)44-49(64-37-29-23-17-11-8-13-19-25-31-39-66-52(59)5-2)54(48)68-41-33-27-21-15-9-14-20-26-32-40-67-53(60)6-3;/h4-6,34-35,42-44H,1-3,7-33,36-41H2,(H,61,62);/q;+1/p-1. The molecule has 0 atom stereocenters. The van der Waals surface area contributed by atoms with Crippen molar-refractivity contribution in [3.8, 4) is 27.8 Å². The van der Waals surface area contributed by atoms with Gasteiger partial charge in [-0.25, -0.2) is 19.4 Å². The summed E-state index contributed by atoms with van der Waals surface area (Å²) in [5, 5.41) is 12.4. The fourth-order valence-electron chi connectivity index (χ4n) is 7.79. The van der Waals surface area contributed by atoms with E-state index in [1.54, 1.807) is 18.2 Å². The maximum atomic E-state index is 11.6. The summed E-state index contributed by atoms with van der Waals surface area (Å²) in [4.78, 5) is 50.1. The van der Waals surface area contributed by atoms with E-state index in [9.17, 15) is 24.3 Å². The number of hydrogen-bond acceptors (Lipinski definition) is 13. The van der Waals surface area contributed by atoms with E-state index in [1.165, 1.54) is 74.5 Å². The smallest absolute Gasteiger partial charge is 0.545 e. The molecule has 0 bridgehead atoms. The summed E-state index contributed by atoms with van der Waals surface area (Å²) >= 11 is 1.49. The van der Waals surface area contributed by atoms with E-state index >= 15 is 0 Å². The number of carboxylic acids is 1. The molecule has 0 aliphatic carbocycles. The maximum Gasteiger partial charge on any atom is 1.00 e. The van der Waals surface area contributed by atoms with Gasteiger partial charge < -0.3 is 38.3 Å². The van der Waals surface area contributed by atoms with E-state index in [0.717, 1.165) is 144 Å². The van der Waals surface area contributed by atoms with E-state index in [0.29, 0.717) is 62.4 Å². The molecule has 0 N–H and O–H groups in total. The molecular formula is C56H80NNaO11S. The molecule has 0 saturated heterocycles. The minimum absolute atomic E-state index is 0. The van der Waals surface area contributed by atoms with Crippen molar-refractivity contribution in [1.29, 1.82) is 0 Å². The molecule has 0 amide bonds. The number of carbonyl (C=O) groups excluding carboxylic acids is 4. The van der Waals surface area contributed by atoms with Crippen molar-refractivity contribution in [1.82, 2.24) is 4.98 Å². The first-order chi connectivity index (χ1) is 33.7. The van der Waals surface area contributed by atoms with Crippen molar-refractivity contribution >= 4 is 45.4 Å². The Hall–Kier alpha value is -4.17. The quantitative estimate of drug-likeness (QED) is 0.0174. The molecule has 0 aliphatic heterocycles. The zero-order valence-electron chi connectivity index (χ0n) is 42.4. The van der Waals surface area contributed by atoms with E-state index in [2.05, 4.69) is 19.7 Å². The molecule has 1 heterocycles. The third kappa shape index (κ3) is 28.0. The molecule has 0 saturated carbocycles. The van der Waals surface area contributed by atoms with Gasteiger partial charge in [0.1, 0.15) is 5.01 Å². The number of rotatable bonds is 44. The normalized spacial score (nSPS) is 10.8. The van der Waals surface area contributed by atoms with E-state index in [1.807, 2.05) is 12.1 Å². The molecule has 14 heteroatoms. The first-order valence-corrected chi connectivity index (χ1v) is 26.6. The predicted molar refractivity (Wildman–Crippen MR) is 274 cm³/mol. The van der Waals surface area contributed by atoms with Gasteiger partial charge in [-0.3, -0.25) is 0 Å². The van der Waals surface area contributed by atoms with Crippen molar-refractivity contribution in [2.75, 3.05) is 39.6 Å². The molecule has 0 spiro atoms. The first kappa shape index (κ1) is 61.9. The number of hydrogen-bond donors (Lipinski definition) is 0. The molecule has 0 aliphatic rings. The minimum atomic E-state index is -1.24. The number of nitrogens with zero attached hydrogens (tertiary/aromatic N) is 1. The first-order valence-electron chi connectivity index (χ1n) is 25.8. The molecule has 3 aromatic rings. The summed E-state index contributed by atoms with van der Waals surface area (Å²) in [7, 11) is 0. The van der Waals surface area contributed by atoms with Gasteiger partial charge in [-0.15, -0.1) is 11.3 Å². The topological polar surface area (TPSA) is 160 Å². The van der Waals surface area contributed by atoms with Crippen LogP contribution in [0, 0.1) is 0 Å².